The van der Waals surface area contributed by atoms with Crippen LogP contribution in [0.15, 0.2) is 54.6 Å². The highest BCUT2D eigenvalue weighted by atomic mass is 16.2. The summed E-state index contributed by atoms with van der Waals surface area (Å²) in [7, 11) is 1.57. The number of hydrogen-bond acceptors (Lipinski definition) is 5. The maximum absolute atomic E-state index is 13.9. The Hall–Kier alpha value is -4.21. The van der Waals surface area contributed by atoms with E-state index in [1.165, 1.54) is 9.80 Å². The Bertz CT molecular complexity index is 1300. The highest BCUT2D eigenvalue weighted by molar-refractivity contribution is 6.07. The van der Waals surface area contributed by atoms with Gasteiger partial charge in [0.25, 0.3) is 5.91 Å². The highest BCUT2D eigenvalue weighted by Gasteiger charge is 2.40. The fourth-order valence-corrected chi connectivity index (χ4v) is 5.40. The summed E-state index contributed by atoms with van der Waals surface area (Å²) >= 11 is 0. The predicted molar refractivity (Wildman–Crippen MR) is 155 cm³/mol. The largest absolute Gasteiger partial charge is 0.343 e. The van der Waals surface area contributed by atoms with Gasteiger partial charge < -0.3 is 25.8 Å². The molecule has 10 heteroatoms. The Balaban J connectivity index is 1.77. The molecule has 2 heterocycles. The van der Waals surface area contributed by atoms with Crippen molar-refractivity contribution < 1.29 is 24.0 Å². The fourth-order valence-electron chi connectivity index (χ4n) is 5.40. The quantitative estimate of drug-likeness (QED) is 0.528. The van der Waals surface area contributed by atoms with Crippen molar-refractivity contribution in [2.24, 2.45) is 5.92 Å². The van der Waals surface area contributed by atoms with E-state index in [0.29, 0.717) is 31.5 Å². The molecule has 0 aliphatic carbocycles. The normalized spacial score (nSPS) is 25.1. The standard InChI is InChI=1S/C31H39N5O5/c1-5-19(2)26-29(39)33-23-15-10-9-14-22(23)30(40)36-17-11-16-24(36)31(41)35(4)25(18-21-12-7-6-8-13-21)28(38)32-20(3)27(37)34-26/h6-10,12-15,19-20,24-26H,5,11,16-18H2,1-4H3,(H,32,38)(H,33,39)(H,34,37)/t19-,20-,24+,25-,26+/m1/s1. The van der Waals surface area contributed by atoms with E-state index in [2.05, 4.69) is 16.0 Å². The summed E-state index contributed by atoms with van der Waals surface area (Å²) < 4.78 is 0. The van der Waals surface area contributed by atoms with Crippen LogP contribution < -0.4 is 16.0 Å². The molecule has 2 aliphatic rings. The van der Waals surface area contributed by atoms with Gasteiger partial charge in [-0.3, -0.25) is 24.0 Å². The van der Waals surface area contributed by atoms with Crippen LogP contribution in [0.2, 0.25) is 0 Å². The number of carbonyl (C=O) groups is 5. The van der Waals surface area contributed by atoms with E-state index < -0.39 is 41.9 Å². The number of benzene rings is 2. The molecule has 41 heavy (non-hydrogen) atoms. The zero-order valence-corrected chi connectivity index (χ0v) is 24.1. The Morgan fingerprint density at radius 2 is 1.59 bits per heavy atom. The second-order valence-corrected chi connectivity index (χ2v) is 10.9. The van der Waals surface area contributed by atoms with Gasteiger partial charge >= 0.3 is 0 Å². The summed E-state index contributed by atoms with van der Waals surface area (Å²) in [6.07, 6.45) is 1.93. The van der Waals surface area contributed by atoms with E-state index in [4.69, 9.17) is 0 Å². The molecule has 0 saturated carbocycles. The SMILES string of the molecule is CC[C@@H](C)[C@@H]1NC(=O)[C@@H](C)NC(=O)[C@@H](Cc2ccccc2)N(C)C(=O)[C@@H]2CCCN2C(=O)c2ccccc2NC1=O. The number of nitrogens with zero attached hydrogens (tertiary/aromatic N) is 2. The summed E-state index contributed by atoms with van der Waals surface area (Å²) in [6, 6.07) is 12.5. The zero-order valence-electron chi connectivity index (χ0n) is 24.1. The molecule has 1 fully saturated rings. The van der Waals surface area contributed by atoms with Crippen LogP contribution >= 0.6 is 0 Å². The minimum Gasteiger partial charge on any atom is -0.343 e. The van der Waals surface area contributed by atoms with Gasteiger partial charge in [-0.25, -0.2) is 0 Å². The van der Waals surface area contributed by atoms with Gasteiger partial charge in [0.05, 0.1) is 11.3 Å². The third kappa shape index (κ3) is 6.58. The first-order chi connectivity index (χ1) is 19.6. The average molecular weight is 562 g/mol. The summed E-state index contributed by atoms with van der Waals surface area (Å²) in [6.45, 7) is 5.70. The van der Waals surface area contributed by atoms with Gasteiger partial charge in [0.2, 0.25) is 23.6 Å². The zero-order chi connectivity index (χ0) is 29.7. The van der Waals surface area contributed by atoms with Crippen LogP contribution in [0.3, 0.4) is 0 Å². The van der Waals surface area contributed by atoms with Crippen LogP contribution in [0.4, 0.5) is 5.69 Å². The third-order valence-electron chi connectivity index (χ3n) is 8.15. The lowest BCUT2D eigenvalue weighted by molar-refractivity contribution is -0.142. The van der Waals surface area contributed by atoms with E-state index in [-0.39, 0.29) is 29.7 Å². The van der Waals surface area contributed by atoms with Crippen molar-refractivity contribution in [3.05, 3.63) is 65.7 Å². The number of nitrogens with one attached hydrogen (secondary N) is 3. The van der Waals surface area contributed by atoms with E-state index >= 15 is 0 Å². The summed E-state index contributed by atoms with van der Waals surface area (Å²) in [5, 5.41) is 8.38. The van der Waals surface area contributed by atoms with E-state index in [9.17, 15) is 24.0 Å². The van der Waals surface area contributed by atoms with Crippen molar-refractivity contribution >= 4 is 35.2 Å². The molecular formula is C31H39N5O5. The van der Waals surface area contributed by atoms with Crippen molar-refractivity contribution in [3.63, 3.8) is 0 Å². The first kappa shape index (κ1) is 29.8. The molecule has 0 radical (unpaired) electrons. The molecule has 10 nitrogen and oxygen atoms in total. The number of carbonyl (C=O) groups excluding carboxylic acids is 5. The van der Waals surface area contributed by atoms with Crippen LogP contribution in [0.5, 0.6) is 0 Å². The number of para-hydroxylation sites is 1. The predicted octanol–water partition coefficient (Wildman–Crippen LogP) is 2.35. The number of likely N-dealkylation sites (N-methyl/N-ethyl adjacent to an activating group) is 1. The Morgan fingerprint density at radius 3 is 2.29 bits per heavy atom. The highest BCUT2D eigenvalue weighted by Crippen LogP contribution is 2.26. The first-order valence-corrected chi connectivity index (χ1v) is 14.2. The number of fused-ring (bicyclic) bond motifs is 2. The van der Waals surface area contributed by atoms with Crippen LogP contribution in [-0.2, 0) is 25.6 Å². The van der Waals surface area contributed by atoms with Crippen LogP contribution in [0.1, 0.15) is 56.0 Å². The van der Waals surface area contributed by atoms with Crippen molar-refractivity contribution in [1.82, 2.24) is 20.4 Å². The maximum Gasteiger partial charge on any atom is 0.256 e. The summed E-state index contributed by atoms with van der Waals surface area (Å²) in [5.41, 5.74) is 1.42. The molecule has 218 valence electrons. The van der Waals surface area contributed by atoms with Crippen molar-refractivity contribution in [3.8, 4) is 0 Å². The van der Waals surface area contributed by atoms with Gasteiger partial charge in [-0.15, -0.1) is 0 Å². The Morgan fingerprint density at radius 1 is 0.902 bits per heavy atom. The number of anilines is 1. The topological polar surface area (TPSA) is 128 Å². The molecule has 1 saturated heterocycles. The number of rotatable bonds is 4. The molecule has 2 aromatic carbocycles. The lowest BCUT2D eigenvalue weighted by Gasteiger charge is -2.34. The minimum absolute atomic E-state index is 0.221. The van der Waals surface area contributed by atoms with Crippen molar-refractivity contribution in [2.75, 3.05) is 18.9 Å². The van der Waals surface area contributed by atoms with E-state index in [0.717, 1.165) is 5.56 Å². The molecule has 5 amide bonds. The van der Waals surface area contributed by atoms with Crippen LogP contribution in [0, 0.1) is 5.92 Å². The molecule has 5 atom stereocenters. The molecule has 2 aromatic rings. The van der Waals surface area contributed by atoms with Gasteiger partial charge in [-0.2, -0.15) is 0 Å². The second-order valence-electron chi connectivity index (χ2n) is 10.9. The van der Waals surface area contributed by atoms with Crippen molar-refractivity contribution in [1.29, 1.82) is 0 Å². The Labute approximate surface area is 240 Å². The van der Waals surface area contributed by atoms with Gasteiger partial charge in [-0.05, 0) is 43.4 Å². The van der Waals surface area contributed by atoms with Gasteiger partial charge in [0.1, 0.15) is 24.2 Å². The fraction of sp³-hybridized carbons (Fsp3) is 0.452. The monoisotopic (exact) mass is 561 g/mol. The van der Waals surface area contributed by atoms with E-state index in [1.54, 1.807) is 38.2 Å². The third-order valence-corrected chi connectivity index (χ3v) is 8.15. The van der Waals surface area contributed by atoms with Crippen LogP contribution in [0.25, 0.3) is 0 Å². The molecule has 2 aliphatic heterocycles. The first-order valence-electron chi connectivity index (χ1n) is 14.2. The smallest absolute Gasteiger partial charge is 0.256 e. The minimum atomic E-state index is -0.964. The molecule has 0 bridgehead atoms. The van der Waals surface area contributed by atoms with Gasteiger partial charge in [-0.1, -0.05) is 62.7 Å². The lowest BCUT2D eigenvalue weighted by Crippen LogP contribution is -2.58. The molecule has 3 N–H and O–H groups in total. The Kier molecular flexibility index (Phi) is 9.42. The summed E-state index contributed by atoms with van der Waals surface area (Å²) in [5.74, 6) is -2.43. The van der Waals surface area contributed by atoms with Crippen LogP contribution in [-0.4, -0.2) is 77.1 Å². The molecule has 0 spiro atoms. The molecule has 0 unspecified atom stereocenters. The lowest BCUT2D eigenvalue weighted by atomic mass is 9.97. The number of amides is 5. The van der Waals surface area contributed by atoms with Gasteiger partial charge in [0, 0.05) is 20.0 Å². The average Bonchev–Trinajstić information content (AvgIpc) is 3.47. The second kappa shape index (κ2) is 13.0. The van der Waals surface area contributed by atoms with Gasteiger partial charge in [0.15, 0.2) is 0 Å². The maximum atomic E-state index is 13.9. The van der Waals surface area contributed by atoms with Crippen molar-refractivity contribution in [2.45, 2.75) is 70.6 Å². The molecular weight excluding hydrogens is 522 g/mol. The van der Waals surface area contributed by atoms with E-state index in [1.807, 2.05) is 44.2 Å². The molecule has 4 rings (SSSR count). The molecule has 0 aromatic heterocycles. The summed E-state index contributed by atoms with van der Waals surface area (Å²) in [4.78, 5) is 71.0. The number of hydrogen-bond donors (Lipinski definition) is 3.